The molecule has 0 aromatic heterocycles. The van der Waals surface area contributed by atoms with Crippen molar-refractivity contribution >= 4 is 62.7 Å². The molecule has 0 atom stereocenters. The van der Waals surface area contributed by atoms with Crippen molar-refractivity contribution in [2.24, 2.45) is 0 Å². The molecule has 2 aromatic rings. The number of carbonyl (C=O) groups is 1. The van der Waals surface area contributed by atoms with Crippen LogP contribution >= 0.6 is 51.1 Å². The molecule has 0 unspecified atom stereocenters. The largest absolute Gasteiger partial charge is 0.321 e. The lowest BCUT2D eigenvalue weighted by molar-refractivity contribution is 0.102. The van der Waals surface area contributed by atoms with Crippen LogP contribution in [0.1, 0.15) is 10.4 Å². The van der Waals surface area contributed by atoms with Gasteiger partial charge in [-0.25, -0.2) is 4.39 Å². The highest BCUT2D eigenvalue weighted by Crippen LogP contribution is 2.23. The molecule has 1 N–H and O–H groups in total. The van der Waals surface area contributed by atoms with E-state index in [9.17, 15) is 9.18 Å². The van der Waals surface area contributed by atoms with E-state index in [4.69, 9.17) is 0 Å². The van der Waals surface area contributed by atoms with Gasteiger partial charge in [-0.15, -0.1) is 12.6 Å². The molecule has 0 radical (unpaired) electrons. The lowest BCUT2D eigenvalue weighted by Crippen LogP contribution is -2.13. The van der Waals surface area contributed by atoms with Gasteiger partial charge in [0.25, 0.3) is 5.91 Å². The van der Waals surface area contributed by atoms with E-state index in [0.29, 0.717) is 19.7 Å². The van der Waals surface area contributed by atoms with E-state index in [1.54, 1.807) is 18.2 Å². The third-order valence-electron chi connectivity index (χ3n) is 2.38. The molecule has 1 amide bonds. The Morgan fingerprint density at radius 2 is 2.00 bits per heavy atom. The maximum Gasteiger partial charge on any atom is 0.256 e. The first-order chi connectivity index (χ1) is 8.97. The lowest BCUT2D eigenvalue weighted by Gasteiger charge is -2.09. The molecular weight excluding hydrogens is 444 g/mol. The molecule has 2 nitrogen and oxygen atoms in total. The summed E-state index contributed by atoms with van der Waals surface area (Å²) >= 11 is 9.54. The normalized spacial score (nSPS) is 10.3. The Kier molecular flexibility index (Phi) is 4.86. The van der Waals surface area contributed by atoms with E-state index < -0.39 is 0 Å². The summed E-state index contributed by atoms with van der Waals surface area (Å²) in [5.41, 5.74) is 1.04. The topological polar surface area (TPSA) is 29.1 Å². The van der Waals surface area contributed by atoms with Crippen LogP contribution in [0.3, 0.4) is 0 Å². The fraction of sp³-hybridized carbons (Fsp3) is 0. The number of nitrogens with one attached hydrogen (secondary N) is 1. The van der Waals surface area contributed by atoms with Crippen LogP contribution in [-0.4, -0.2) is 5.91 Å². The van der Waals surface area contributed by atoms with Crippen LogP contribution in [0, 0.1) is 9.39 Å². The summed E-state index contributed by atoms with van der Waals surface area (Å²) in [7, 11) is 0. The highest BCUT2D eigenvalue weighted by molar-refractivity contribution is 14.1. The predicted molar refractivity (Wildman–Crippen MR) is 88.5 cm³/mol. The van der Waals surface area contributed by atoms with Crippen molar-refractivity contribution in [2.75, 3.05) is 5.32 Å². The summed E-state index contributed by atoms with van der Waals surface area (Å²) in [4.78, 5) is 12.7. The Hall–Kier alpha value is -0.600. The monoisotopic (exact) mass is 451 g/mol. The van der Waals surface area contributed by atoms with Crippen molar-refractivity contribution in [3.05, 3.63) is 55.8 Å². The fourth-order valence-corrected chi connectivity index (χ4v) is 2.94. The summed E-state index contributed by atoms with van der Waals surface area (Å²) in [5, 5.41) is 2.74. The van der Waals surface area contributed by atoms with Crippen LogP contribution in [0.5, 0.6) is 0 Å². The van der Waals surface area contributed by atoms with Gasteiger partial charge < -0.3 is 5.32 Å². The van der Waals surface area contributed by atoms with Gasteiger partial charge in [-0.1, -0.05) is 15.9 Å². The molecule has 0 heterocycles. The molecule has 0 saturated carbocycles. The number of carbonyl (C=O) groups excluding carboxylic acids is 1. The molecule has 0 saturated heterocycles. The van der Waals surface area contributed by atoms with Gasteiger partial charge in [0.2, 0.25) is 0 Å². The number of benzene rings is 2. The molecule has 19 heavy (non-hydrogen) atoms. The summed E-state index contributed by atoms with van der Waals surface area (Å²) in [6.45, 7) is 0. The number of halogens is 3. The number of anilines is 1. The van der Waals surface area contributed by atoms with Gasteiger partial charge in [0.15, 0.2) is 0 Å². The molecule has 6 heteroatoms. The van der Waals surface area contributed by atoms with Gasteiger partial charge in [0.05, 0.1) is 11.3 Å². The first-order valence-corrected chi connectivity index (χ1v) is 7.54. The minimum atomic E-state index is -0.332. The van der Waals surface area contributed by atoms with Crippen molar-refractivity contribution in [2.45, 2.75) is 4.90 Å². The Morgan fingerprint density at radius 1 is 1.26 bits per heavy atom. The van der Waals surface area contributed by atoms with Crippen molar-refractivity contribution in [1.29, 1.82) is 0 Å². The van der Waals surface area contributed by atoms with Crippen molar-refractivity contribution in [3.63, 3.8) is 0 Å². The second-order valence-corrected chi connectivity index (χ2v) is 6.30. The minimum absolute atomic E-state index is 0.276. The molecule has 0 aliphatic rings. The zero-order valence-electron chi connectivity index (χ0n) is 9.45. The number of rotatable bonds is 2. The van der Waals surface area contributed by atoms with E-state index in [1.165, 1.54) is 18.2 Å². The standard InChI is InChI=1S/C13H8BrFINOS/c14-7-1-3-9(12(19)5-7)13(18)17-11-4-2-8(15)6-10(11)16/h1-6,19H,(H,17,18). The van der Waals surface area contributed by atoms with Crippen LogP contribution in [-0.2, 0) is 0 Å². The number of hydrogen-bond donors (Lipinski definition) is 2. The van der Waals surface area contributed by atoms with Crippen LogP contribution in [0.25, 0.3) is 0 Å². The van der Waals surface area contributed by atoms with Gasteiger partial charge in [0, 0.05) is 12.9 Å². The number of hydrogen-bond acceptors (Lipinski definition) is 2. The molecule has 0 spiro atoms. The van der Waals surface area contributed by atoms with Gasteiger partial charge in [-0.05, 0) is 59.0 Å². The van der Waals surface area contributed by atoms with Crippen LogP contribution in [0.4, 0.5) is 10.1 Å². The highest BCUT2D eigenvalue weighted by atomic mass is 127. The Labute approximate surface area is 137 Å². The first-order valence-electron chi connectivity index (χ1n) is 5.22. The quantitative estimate of drug-likeness (QED) is 0.501. The Bertz CT molecular complexity index is 651. The van der Waals surface area contributed by atoms with Crippen molar-refractivity contribution in [1.82, 2.24) is 0 Å². The Balaban J connectivity index is 2.25. The molecule has 0 bridgehead atoms. The Morgan fingerprint density at radius 3 is 2.63 bits per heavy atom. The molecule has 0 aliphatic carbocycles. The maximum atomic E-state index is 13.0. The highest BCUT2D eigenvalue weighted by Gasteiger charge is 2.11. The fourth-order valence-electron chi connectivity index (χ4n) is 1.48. The van der Waals surface area contributed by atoms with Crippen molar-refractivity contribution in [3.8, 4) is 0 Å². The lowest BCUT2D eigenvalue weighted by atomic mass is 10.2. The van der Waals surface area contributed by atoms with E-state index in [2.05, 4.69) is 33.9 Å². The maximum absolute atomic E-state index is 13.0. The summed E-state index contributed by atoms with van der Waals surface area (Å²) in [6, 6.07) is 9.39. The minimum Gasteiger partial charge on any atom is -0.321 e. The van der Waals surface area contributed by atoms with Crippen LogP contribution < -0.4 is 5.32 Å². The number of thiol groups is 1. The van der Waals surface area contributed by atoms with Crippen LogP contribution in [0.2, 0.25) is 0 Å². The van der Waals surface area contributed by atoms with Crippen molar-refractivity contribution < 1.29 is 9.18 Å². The third kappa shape index (κ3) is 3.70. The second-order valence-electron chi connectivity index (χ2n) is 3.74. The van der Waals surface area contributed by atoms with Gasteiger partial charge in [-0.3, -0.25) is 4.79 Å². The van der Waals surface area contributed by atoms with Gasteiger partial charge in [0.1, 0.15) is 5.82 Å². The summed E-state index contributed by atoms with van der Waals surface area (Å²) in [6.07, 6.45) is 0. The van der Waals surface area contributed by atoms with E-state index in [0.717, 1.165) is 4.47 Å². The smallest absolute Gasteiger partial charge is 0.256 e. The van der Waals surface area contributed by atoms with Gasteiger partial charge >= 0.3 is 0 Å². The summed E-state index contributed by atoms with van der Waals surface area (Å²) < 4.78 is 14.5. The van der Waals surface area contributed by atoms with E-state index >= 15 is 0 Å². The van der Waals surface area contributed by atoms with E-state index in [-0.39, 0.29) is 11.7 Å². The molecule has 0 aliphatic heterocycles. The molecule has 98 valence electrons. The zero-order valence-corrected chi connectivity index (χ0v) is 14.1. The van der Waals surface area contributed by atoms with E-state index in [1.807, 2.05) is 22.6 Å². The summed E-state index contributed by atoms with van der Waals surface area (Å²) in [5.74, 6) is -0.608. The zero-order chi connectivity index (χ0) is 14.0. The SMILES string of the molecule is O=C(Nc1ccc(F)cc1I)c1ccc(Br)cc1S. The average molecular weight is 452 g/mol. The molecular formula is C13H8BrFINOS. The third-order valence-corrected chi connectivity index (χ3v) is 4.14. The number of amides is 1. The second kappa shape index (κ2) is 6.23. The molecule has 0 fully saturated rings. The first kappa shape index (κ1) is 14.8. The predicted octanol–water partition coefficient (Wildman–Crippen LogP) is 4.73. The van der Waals surface area contributed by atoms with Crippen LogP contribution in [0.15, 0.2) is 45.8 Å². The molecule has 2 aromatic carbocycles. The molecule has 2 rings (SSSR count). The average Bonchev–Trinajstić information content (AvgIpc) is 2.32. The van der Waals surface area contributed by atoms with Gasteiger partial charge in [-0.2, -0.15) is 0 Å².